The Morgan fingerprint density at radius 3 is 2.28 bits per heavy atom. The van der Waals surface area contributed by atoms with Crippen molar-refractivity contribution in [2.75, 3.05) is 11.9 Å². The van der Waals surface area contributed by atoms with Gasteiger partial charge in [-0.25, -0.2) is 4.79 Å². The molecular formula is C29H37N3O4. The van der Waals surface area contributed by atoms with Crippen LogP contribution in [0.2, 0.25) is 0 Å². The molecule has 0 heterocycles. The molecule has 0 bridgehead atoms. The van der Waals surface area contributed by atoms with Crippen LogP contribution in [0.15, 0.2) is 48.5 Å². The van der Waals surface area contributed by atoms with Crippen molar-refractivity contribution in [3.05, 3.63) is 65.2 Å². The molecule has 0 radical (unpaired) electrons. The lowest BCUT2D eigenvalue weighted by atomic mass is 10.0. The van der Waals surface area contributed by atoms with Crippen LogP contribution in [0, 0.1) is 19.3 Å². The average Bonchev–Trinajstić information content (AvgIpc) is 2.81. The molecule has 2 aromatic rings. The van der Waals surface area contributed by atoms with Crippen LogP contribution in [0.3, 0.4) is 0 Å². The van der Waals surface area contributed by atoms with E-state index < -0.39 is 23.8 Å². The maximum absolute atomic E-state index is 13.7. The van der Waals surface area contributed by atoms with E-state index in [1.54, 1.807) is 52.0 Å². The van der Waals surface area contributed by atoms with Gasteiger partial charge in [0, 0.05) is 17.8 Å². The zero-order chi connectivity index (χ0) is 26.9. The molecule has 0 saturated heterocycles. The number of hydrogen-bond acceptors (Lipinski definition) is 4. The van der Waals surface area contributed by atoms with Crippen molar-refractivity contribution in [3.8, 4) is 12.3 Å². The van der Waals surface area contributed by atoms with Crippen molar-refractivity contribution in [2.24, 2.45) is 0 Å². The molecule has 7 nitrogen and oxygen atoms in total. The average molecular weight is 492 g/mol. The van der Waals surface area contributed by atoms with E-state index in [1.807, 2.05) is 38.1 Å². The zero-order valence-electron chi connectivity index (χ0n) is 22.1. The molecule has 2 unspecified atom stereocenters. The van der Waals surface area contributed by atoms with Crippen LogP contribution in [0.25, 0.3) is 0 Å². The van der Waals surface area contributed by atoms with E-state index >= 15 is 0 Å². The predicted octanol–water partition coefficient (Wildman–Crippen LogP) is 5.20. The third kappa shape index (κ3) is 8.16. The van der Waals surface area contributed by atoms with Gasteiger partial charge < -0.3 is 20.3 Å². The second-order valence-electron chi connectivity index (χ2n) is 9.73. The van der Waals surface area contributed by atoms with Gasteiger partial charge in [-0.1, -0.05) is 49.6 Å². The van der Waals surface area contributed by atoms with Crippen molar-refractivity contribution in [3.63, 3.8) is 0 Å². The fourth-order valence-corrected chi connectivity index (χ4v) is 3.64. The fraction of sp³-hybridized carbons (Fsp3) is 0.414. The van der Waals surface area contributed by atoms with E-state index in [4.69, 9.17) is 11.2 Å². The highest BCUT2D eigenvalue weighted by molar-refractivity contribution is 5.99. The second kappa shape index (κ2) is 12.8. The summed E-state index contributed by atoms with van der Waals surface area (Å²) in [7, 11) is 0. The van der Waals surface area contributed by atoms with Crippen molar-refractivity contribution in [2.45, 2.75) is 72.1 Å². The maximum atomic E-state index is 13.7. The first-order valence-corrected chi connectivity index (χ1v) is 12.2. The Morgan fingerprint density at radius 2 is 1.72 bits per heavy atom. The van der Waals surface area contributed by atoms with Crippen LogP contribution in [0.4, 0.5) is 10.5 Å². The Labute approximate surface area is 214 Å². The summed E-state index contributed by atoms with van der Waals surface area (Å²) < 4.78 is 5.31. The molecule has 0 aliphatic heterocycles. The largest absolute Gasteiger partial charge is 0.444 e. The van der Waals surface area contributed by atoms with Crippen LogP contribution >= 0.6 is 0 Å². The number of aryl methyl sites for hydroxylation is 1. The van der Waals surface area contributed by atoms with Crippen LogP contribution in [0.5, 0.6) is 0 Å². The smallest absolute Gasteiger partial charge is 0.408 e. The van der Waals surface area contributed by atoms with Crippen LogP contribution in [-0.2, 0) is 14.3 Å². The highest BCUT2D eigenvalue weighted by Gasteiger charge is 2.34. The molecule has 2 atom stereocenters. The first-order chi connectivity index (χ1) is 17.0. The fourth-order valence-electron chi connectivity index (χ4n) is 3.64. The Morgan fingerprint density at radius 1 is 1.08 bits per heavy atom. The molecule has 192 valence electrons. The number of rotatable bonds is 9. The minimum Gasteiger partial charge on any atom is -0.444 e. The van der Waals surface area contributed by atoms with Gasteiger partial charge in [-0.2, -0.15) is 0 Å². The van der Waals surface area contributed by atoms with Crippen LogP contribution < -0.4 is 10.6 Å². The lowest BCUT2D eigenvalue weighted by Crippen LogP contribution is -2.51. The highest BCUT2D eigenvalue weighted by Crippen LogP contribution is 2.26. The Balaban J connectivity index is 2.44. The van der Waals surface area contributed by atoms with Crippen LogP contribution in [-0.4, -0.2) is 41.0 Å². The molecule has 0 fully saturated rings. The normalized spacial score (nSPS) is 12.6. The summed E-state index contributed by atoms with van der Waals surface area (Å²) in [6, 6.07) is 12.6. The number of anilines is 1. The molecule has 0 spiro atoms. The van der Waals surface area contributed by atoms with E-state index in [0.29, 0.717) is 29.8 Å². The number of unbranched alkanes of at least 4 members (excludes halogenated alkanes) is 1. The summed E-state index contributed by atoms with van der Waals surface area (Å²) in [5.74, 6) is 1.83. The lowest BCUT2D eigenvalue weighted by molar-refractivity contribution is -0.140. The van der Waals surface area contributed by atoms with Gasteiger partial charge in [-0.3, -0.25) is 9.59 Å². The SMILES string of the molecule is C#Cc1ccc(C(C(=O)Nc2ccccc2C)N(CCCC)C(=O)C(C)NC(=O)OC(C)(C)C)cc1. The van der Waals surface area contributed by atoms with E-state index in [2.05, 4.69) is 16.6 Å². The molecule has 2 aromatic carbocycles. The number of carbonyl (C=O) groups is 3. The van der Waals surface area contributed by atoms with E-state index in [9.17, 15) is 14.4 Å². The highest BCUT2D eigenvalue weighted by atomic mass is 16.6. The number of para-hydroxylation sites is 1. The first kappa shape index (κ1) is 28.4. The summed E-state index contributed by atoms with van der Waals surface area (Å²) in [6.45, 7) is 11.1. The first-order valence-electron chi connectivity index (χ1n) is 12.2. The molecule has 0 aliphatic carbocycles. The Bertz CT molecular complexity index is 1100. The number of nitrogens with zero attached hydrogens (tertiary/aromatic N) is 1. The molecular weight excluding hydrogens is 454 g/mol. The van der Waals surface area contributed by atoms with Gasteiger partial charge in [-0.15, -0.1) is 6.42 Å². The van der Waals surface area contributed by atoms with Gasteiger partial charge in [0.2, 0.25) is 5.91 Å². The van der Waals surface area contributed by atoms with Gasteiger partial charge >= 0.3 is 6.09 Å². The maximum Gasteiger partial charge on any atom is 0.408 e. The van der Waals surface area contributed by atoms with Gasteiger partial charge in [0.05, 0.1) is 0 Å². The van der Waals surface area contributed by atoms with Crippen molar-refractivity contribution in [1.29, 1.82) is 0 Å². The number of carbonyl (C=O) groups excluding carboxylic acids is 3. The van der Waals surface area contributed by atoms with Gasteiger partial charge in [-0.05, 0) is 70.4 Å². The molecule has 2 N–H and O–H groups in total. The van der Waals surface area contributed by atoms with Crippen molar-refractivity contribution in [1.82, 2.24) is 10.2 Å². The standard InChI is InChI=1S/C29H37N3O4/c1-8-10-19-32(27(34)21(4)30-28(35)36-29(5,6)7)25(23-17-15-22(9-2)16-18-23)26(33)31-24-14-12-11-13-20(24)3/h2,11-18,21,25H,8,10,19H2,1,3-7H3,(H,30,35)(H,31,33). The molecule has 7 heteroatoms. The zero-order valence-corrected chi connectivity index (χ0v) is 22.1. The predicted molar refractivity (Wildman–Crippen MR) is 142 cm³/mol. The molecule has 0 saturated carbocycles. The molecule has 0 aromatic heterocycles. The summed E-state index contributed by atoms with van der Waals surface area (Å²) in [5.41, 5.74) is 2.15. The summed E-state index contributed by atoms with van der Waals surface area (Å²) in [4.78, 5) is 41.2. The monoisotopic (exact) mass is 491 g/mol. The Hall–Kier alpha value is -3.79. The number of hydrogen-bond donors (Lipinski definition) is 2. The number of terminal acetylenes is 1. The quantitative estimate of drug-likeness (QED) is 0.472. The number of alkyl carbamates (subject to hydrolysis) is 1. The van der Waals surface area contributed by atoms with Crippen molar-refractivity contribution >= 4 is 23.6 Å². The summed E-state index contributed by atoms with van der Waals surface area (Å²) in [5, 5.41) is 5.58. The third-order valence-electron chi connectivity index (χ3n) is 5.50. The second-order valence-corrected chi connectivity index (χ2v) is 9.73. The number of nitrogens with one attached hydrogen (secondary N) is 2. The molecule has 2 rings (SSSR count). The van der Waals surface area contributed by atoms with E-state index in [-0.39, 0.29) is 11.8 Å². The Kier molecular flexibility index (Phi) is 10.1. The van der Waals surface area contributed by atoms with Gasteiger partial charge in [0.1, 0.15) is 17.7 Å². The summed E-state index contributed by atoms with van der Waals surface area (Å²) >= 11 is 0. The van der Waals surface area contributed by atoms with Gasteiger partial charge in [0.25, 0.3) is 5.91 Å². The molecule has 36 heavy (non-hydrogen) atoms. The topological polar surface area (TPSA) is 87.7 Å². The van der Waals surface area contributed by atoms with E-state index in [1.165, 1.54) is 4.90 Å². The minimum absolute atomic E-state index is 0.332. The number of benzene rings is 2. The minimum atomic E-state index is -0.932. The third-order valence-corrected chi connectivity index (χ3v) is 5.50. The number of ether oxygens (including phenoxy) is 1. The van der Waals surface area contributed by atoms with E-state index in [0.717, 1.165) is 12.0 Å². The van der Waals surface area contributed by atoms with Crippen LogP contribution in [0.1, 0.15) is 70.2 Å². The van der Waals surface area contributed by atoms with Gasteiger partial charge in [0.15, 0.2) is 0 Å². The molecule has 3 amide bonds. The van der Waals surface area contributed by atoms with Crippen molar-refractivity contribution < 1.29 is 19.1 Å². The molecule has 0 aliphatic rings. The number of amides is 3. The summed E-state index contributed by atoms with van der Waals surface area (Å²) in [6.07, 6.45) is 6.32. The lowest BCUT2D eigenvalue weighted by Gasteiger charge is -2.34.